The van der Waals surface area contributed by atoms with Gasteiger partial charge in [-0.25, -0.2) is 15.0 Å². The molecule has 174 valence electrons. The number of H-pyrrole nitrogens is 1. The van der Waals surface area contributed by atoms with E-state index in [9.17, 15) is 4.79 Å². The first-order chi connectivity index (χ1) is 16.1. The van der Waals surface area contributed by atoms with Gasteiger partial charge in [-0.15, -0.1) is 0 Å². The van der Waals surface area contributed by atoms with Crippen molar-refractivity contribution < 1.29 is 4.79 Å². The van der Waals surface area contributed by atoms with E-state index in [1.165, 1.54) is 25.7 Å². The lowest BCUT2D eigenvalue weighted by molar-refractivity contribution is -0.121. The molecule has 0 aliphatic heterocycles. The molecule has 3 heterocycles. The molecule has 0 spiro atoms. The van der Waals surface area contributed by atoms with E-state index in [0.29, 0.717) is 23.7 Å². The Morgan fingerprint density at radius 3 is 2.67 bits per heavy atom. The Kier molecular flexibility index (Phi) is 6.73. The summed E-state index contributed by atoms with van der Waals surface area (Å²) < 4.78 is 0. The fourth-order valence-electron chi connectivity index (χ4n) is 5.00. The van der Waals surface area contributed by atoms with Crippen LogP contribution in [0, 0.1) is 0 Å². The number of amides is 1. The van der Waals surface area contributed by atoms with Crippen LogP contribution in [0.1, 0.15) is 51.4 Å². The van der Waals surface area contributed by atoms with E-state index in [4.69, 9.17) is 16.6 Å². The second-order valence-corrected chi connectivity index (χ2v) is 9.51. The number of carbonyl (C=O) groups excluding carboxylic acids is 1. The zero-order chi connectivity index (χ0) is 22.6. The molecule has 0 atom stereocenters. The number of nitrogens with one attached hydrogen (secondary N) is 4. The van der Waals surface area contributed by atoms with Crippen molar-refractivity contribution in [3.05, 3.63) is 35.7 Å². The highest BCUT2D eigenvalue weighted by molar-refractivity contribution is 6.29. The number of carbonyl (C=O) groups is 1. The van der Waals surface area contributed by atoms with Crippen LogP contribution in [0.5, 0.6) is 0 Å². The van der Waals surface area contributed by atoms with Crippen LogP contribution in [-0.4, -0.2) is 50.5 Å². The molecular weight excluding hydrogens is 438 g/mol. The first-order valence-electron chi connectivity index (χ1n) is 11.9. The molecule has 3 aromatic rings. The second kappa shape index (κ2) is 10.1. The summed E-state index contributed by atoms with van der Waals surface area (Å²) in [5.41, 5.74) is 2.52. The molecule has 0 aromatic carbocycles. The first-order valence-corrected chi connectivity index (χ1v) is 12.3. The monoisotopic (exact) mass is 467 g/mol. The van der Waals surface area contributed by atoms with Crippen LogP contribution in [0.25, 0.3) is 22.3 Å². The molecule has 1 amide bonds. The second-order valence-electron chi connectivity index (χ2n) is 9.12. The third-order valence-corrected chi connectivity index (χ3v) is 6.95. The number of nitrogens with zero attached hydrogens (tertiary/aromatic N) is 3. The van der Waals surface area contributed by atoms with E-state index < -0.39 is 0 Å². The summed E-state index contributed by atoms with van der Waals surface area (Å²) in [6.45, 7) is 0.422. The van der Waals surface area contributed by atoms with E-state index >= 15 is 0 Å². The number of fused-ring (bicyclic) bond motifs is 1. The summed E-state index contributed by atoms with van der Waals surface area (Å²) in [4.78, 5) is 28.9. The maximum atomic E-state index is 12.3. The van der Waals surface area contributed by atoms with Crippen LogP contribution in [0.2, 0.25) is 5.15 Å². The molecule has 2 aliphatic carbocycles. The number of aromatic amines is 1. The van der Waals surface area contributed by atoms with Gasteiger partial charge in [0.2, 0.25) is 11.9 Å². The Hall–Kier alpha value is -2.71. The van der Waals surface area contributed by atoms with Gasteiger partial charge in [0.15, 0.2) is 0 Å². The van der Waals surface area contributed by atoms with Crippen LogP contribution in [0.4, 0.5) is 5.95 Å². The van der Waals surface area contributed by atoms with Gasteiger partial charge >= 0.3 is 0 Å². The predicted molar refractivity (Wildman–Crippen MR) is 130 cm³/mol. The third-order valence-electron chi connectivity index (χ3n) is 6.75. The first kappa shape index (κ1) is 22.1. The Morgan fingerprint density at radius 2 is 1.85 bits per heavy atom. The average molecular weight is 468 g/mol. The Balaban J connectivity index is 1.15. The molecular formula is C24H30ClN7O. The molecule has 5 rings (SSSR count). The van der Waals surface area contributed by atoms with Crippen LogP contribution in [0.3, 0.4) is 0 Å². The van der Waals surface area contributed by atoms with Crippen molar-refractivity contribution in [1.82, 2.24) is 30.6 Å². The van der Waals surface area contributed by atoms with Crippen molar-refractivity contribution in [3.8, 4) is 11.3 Å². The van der Waals surface area contributed by atoms with Gasteiger partial charge < -0.3 is 20.9 Å². The highest BCUT2D eigenvalue weighted by Gasteiger charge is 2.24. The molecule has 9 heteroatoms. The van der Waals surface area contributed by atoms with Gasteiger partial charge in [-0.1, -0.05) is 24.4 Å². The number of anilines is 1. The maximum absolute atomic E-state index is 12.3. The number of aromatic nitrogens is 4. The summed E-state index contributed by atoms with van der Waals surface area (Å²) in [6, 6.07) is 6.69. The van der Waals surface area contributed by atoms with Crippen molar-refractivity contribution >= 4 is 34.5 Å². The molecule has 3 aromatic heterocycles. The molecule has 2 aliphatic rings. The minimum atomic E-state index is 0.106. The molecule has 2 saturated carbocycles. The smallest absolute Gasteiger partial charge is 0.234 e. The molecule has 4 N–H and O–H groups in total. The quantitative estimate of drug-likeness (QED) is 0.390. The molecule has 8 nitrogen and oxygen atoms in total. The van der Waals surface area contributed by atoms with Crippen LogP contribution < -0.4 is 16.0 Å². The topological polar surface area (TPSA) is 108 Å². The maximum Gasteiger partial charge on any atom is 0.234 e. The lowest BCUT2D eigenvalue weighted by Crippen LogP contribution is -2.45. The van der Waals surface area contributed by atoms with E-state index in [0.717, 1.165) is 48.0 Å². The van der Waals surface area contributed by atoms with Gasteiger partial charge in [0.1, 0.15) is 10.8 Å². The number of hydrogen-bond acceptors (Lipinski definition) is 6. The summed E-state index contributed by atoms with van der Waals surface area (Å²) in [5, 5.41) is 11.4. The standard InChI is InChI=1S/C24H30ClN7O/c25-21-12-20(19-13-28-23-18(19)6-3-11-26-23)31-24(32-21)30-17-9-7-16(8-10-17)29-22(33)14-27-15-4-1-2-5-15/h3,6,11-13,15-17,27H,1-2,4-5,7-10,14H2,(H,26,28)(H,29,33)(H,30,31,32)/t16-,17-. The largest absolute Gasteiger partial charge is 0.352 e. The fraction of sp³-hybridized carbons (Fsp3) is 0.500. The van der Waals surface area contributed by atoms with E-state index in [-0.39, 0.29) is 18.0 Å². The Bertz CT molecular complexity index is 1100. The number of hydrogen-bond donors (Lipinski definition) is 4. The van der Waals surface area contributed by atoms with Gasteiger partial charge in [-0.05, 0) is 50.7 Å². The number of halogens is 1. The predicted octanol–water partition coefficient (Wildman–Crippen LogP) is 4.04. The van der Waals surface area contributed by atoms with E-state index in [1.807, 2.05) is 18.3 Å². The Morgan fingerprint density at radius 1 is 1.06 bits per heavy atom. The number of rotatable bonds is 7. The molecule has 0 bridgehead atoms. The zero-order valence-corrected chi connectivity index (χ0v) is 19.4. The summed E-state index contributed by atoms with van der Waals surface area (Å²) >= 11 is 6.32. The minimum absolute atomic E-state index is 0.106. The highest BCUT2D eigenvalue weighted by atomic mass is 35.5. The van der Waals surface area contributed by atoms with Gasteiger partial charge in [-0.3, -0.25) is 4.79 Å². The minimum Gasteiger partial charge on any atom is -0.352 e. The summed E-state index contributed by atoms with van der Waals surface area (Å²) in [6.07, 6.45) is 12.3. The van der Waals surface area contributed by atoms with Crippen LogP contribution in [0.15, 0.2) is 30.6 Å². The van der Waals surface area contributed by atoms with Gasteiger partial charge in [-0.2, -0.15) is 0 Å². The lowest BCUT2D eigenvalue weighted by Gasteiger charge is -2.30. The van der Waals surface area contributed by atoms with Gasteiger partial charge in [0.05, 0.1) is 12.2 Å². The van der Waals surface area contributed by atoms with E-state index in [2.05, 4.69) is 30.9 Å². The molecule has 2 fully saturated rings. The van der Waals surface area contributed by atoms with Crippen LogP contribution >= 0.6 is 11.6 Å². The fourth-order valence-corrected chi connectivity index (χ4v) is 5.18. The number of pyridine rings is 1. The van der Waals surface area contributed by atoms with Crippen molar-refractivity contribution in [1.29, 1.82) is 0 Å². The normalized spacial score (nSPS) is 21.4. The zero-order valence-electron chi connectivity index (χ0n) is 18.6. The summed E-state index contributed by atoms with van der Waals surface area (Å²) in [7, 11) is 0. The van der Waals surface area contributed by atoms with Crippen LogP contribution in [-0.2, 0) is 4.79 Å². The molecule has 0 radical (unpaired) electrons. The van der Waals surface area contributed by atoms with Crippen molar-refractivity contribution in [2.75, 3.05) is 11.9 Å². The van der Waals surface area contributed by atoms with Crippen molar-refractivity contribution in [2.45, 2.75) is 69.5 Å². The lowest BCUT2D eigenvalue weighted by atomic mass is 9.91. The molecule has 0 unspecified atom stereocenters. The average Bonchev–Trinajstić information content (AvgIpc) is 3.49. The third kappa shape index (κ3) is 5.45. The SMILES string of the molecule is O=C(CNC1CCCC1)N[C@H]1CC[C@H](Nc2nc(Cl)cc(-c3c[nH]c4ncccc34)n2)CC1. The highest BCUT2D eigenvalue weighted by Crippen LogP contribution is 2.29. The van der Waals surface area contributed by atoms with Gasteiger partial charge in [0.25, 0.3) is 0 Å². The van der Waals surface area contributed by atoms with Gasteiger partial charge in [0, 0.05) is 47.5 Å². The molecule has 33 heavy (non-hydrogen) atoms. The Labute approximate surface area is 198 Å². The van der Waals surface area contributed by atoms with Crippen molar-refractivity contribution in [2.24, 2.45) is 0 Å². The summed E-state index contributed by atoms with van der Waals surface area (Å²) in [5.74, 6) is 0.637. The van der Waals surface area contributed by atoms with E-state index in [1.54, 1.807) is 12.3 Å². The molecule has 0 saturated heterocycles. The van der Waals surface area contributed by atoms with Crippen molar-refractivity contribution in [3.63, 3.8) is 0 Å².